The standard InChI is InChI=1S/C45H28N4O/c1-4-14-29(15-5-1)33-21-12-24-38-41(33)34-20-10-11-23-37(34)49(38)32-26-27-35-40(28-32)50-39-25-13-22-36(42(35)39)45-47-43(30-16-6-2-7-17-30)46-44(48-45)31-18-8-3-9-19-31/h1-28H/i1D,4D,5D,14D,15D. The summed E-state index contributed by atoms with van der Waals surface area (Å²) in [5, 5.41) is 3.48. The van der Waals surface area contributed by atoms with Gasteiger partial charge in [-0.3, -0.25) is 0 Å². The molecule has 0 aliphatic heterocycles. The first-order valence-electron chi connectivity index (χ1n) is 18.8. The minimum atomic E-state index is -0.417. The second-order valence-corrected chi connectivity index (χ2v) is 12.1. The van der Waals surface area contributed by atoms with Crippen molar-refractivity contribution in [2.45, 2.75) is 0 Å². The van der Waals surface area contributed by atoms with E-state index in [1.54, 1.807) is 0 Å². The number of fused-ring (bicyclic) bond motifs is 6. The lowest BCUT2D eigenvalue weighted by Gasteiger charge is -2.10. The summed E-state index contributed by atoms with van der Waals surface area (Å²) in [6, 6.07) is 43.8. The molecule has 0 bridgehead atoms. The first-order chi connectivity index (χ1) is 26.9. The average Bonchev–Trinajstić information content (AvgIpc) is 3.78. The second-order valence-electron chi connectivity index (χ2n) is 12.1. The number of hydrogen-bond donors (Lipinski definition) is 0. The van der Waals surface area contributed by atoms with E-state index < -0.39 is 6.04 Å². The number of nitrogens with zero attached hydrogens (tertiary/aromatic N) is 4. The van der Waals surface area contributed by atoms with Crippen LogP contribution in [0.1, 0.15) is 6.85 Å². The van der Waals surface area contributed by atoms with Crippen LogP contribution in [-0.2, 0) is 0 Å². The summed E-state index contributed by atoms with van der Waals surface area (Å²) in [6.07, 6.45) is 0. The first kappa shape index (κ1) is 23.5. The number of aromatic nitrogens is 4. The summed E-state index contributed by atoms with van der Waals surface area (Å²) in [7, 11) is 0. The van der Waals surface area contributed by atoms with Crippen molar-refractivity contribution >= 4 is 43.7 Å². The maximum Gasteiger partial charge on any atom is 0.164 e. The minimum Gasteiger partial charge on any atom is -0.456 e. The Morgan fingerprint density at radius 3 is 1.86 bits per heavy atom. The van der Waals surface area contributed by atoms with Crippen LogP contribution in [0.4, 0.5) is 0 Å². The Labute approximate surface area is 294 Å². The molecule has 0 saturated heterocycles. The Bertz CT molecular complexity index is 3070. The van der Waals surface area contributed by atoms with E-state index in [0.29, 0.717) is 34.2 Å². The molecule has 0 N–H and O–H groups in total. The van der Waals surface area contributed by atoms with Crippen molar-refractivity contribution in [2.24, 2.45) is 0 Å². The van der Waals surface area contributed by atoms with E-state index in [2.05, 4.69) is 16.7 Å². The molecule has 3 aromatic heterocycles. The van der Waals surface area contributed by atoms with E-state index in [1.165, 1.54) is 0 Å². The molecule has 3 heterocycles. The molecule has 0 radical (unpaired) electrons. The van der Waals surface area contributed by atoms with Gasteiger partial charge >= 0.3 is 0 Å². The fourth-order valence-corrected chi connectivity index (χ4v) is 6.96. The van der Waals surface area contributed by atoms with Gasteiger partial charge in [-0.1, -0.05) is 133 Å². The summed E-state index contributed by atoms with van der Waals surface area (Å²) < 4.78 is 51.1. The van der Waals surface area contributed by atoms with Gasteiger partial charge in [0.05, 0.1) is 17.9 Å². The van der Waals surface area contributed by atoms with E-state index in [4.69, 9.17) is 26.2 Å². The largest absolute Gasteiger partial charge is 0.456 e. The molecular weight excluding hydrogens is 613 g/mol. The van der Waals surface area contributed by atoms with Crippen molar-refractivity contribution in [3.63, 3.8) is 0 Å². The third-order valence-corrected chi connectivity index (χ3v) is 9.15. The molecule has 0 aliphatic carbocycles. The van der Waals surface area contributed by atoms with Crippen LogP contribution in [0.2, 0.25) is 0 Å². The van der Waals surface area contributed by atoms with Crippen molar-refractivity contribution < 1.29 is 11.3 Å². The van der Waals surface area contributed by atoms with Gasteiger partial charge in [-0.05, 0) is 41.5 Å². The Hall–Kier alpha value is -6.85. The van der Waals surface area contributed by atoms with Gasteiger partial charge in [0.1, 0.15) is 11.2 Å². The van der Waals surface area contributed by atoms with E-state index in [1.807, 2.05) is 127 Å². The Balaban J connectivity index is 1.18. The lowest BCUT2D eigenvalue weighted by atomic mass is 9.99. The minimum absolute atomic E-state index is 0.170. The predicted octanol–water partition coefficient (Wildman–Crippen LogP) is 11.5. The first-order valence-corrected chi connectivity index (χ1v) is 16.3. The lowest BCUT2D eigenvalue weighted by molar-refractivity contribution is 0.668. The SMILES string of the molecule is [2H]c1c([2H])c([2H])c(-c2cccc3c2c2ccccc2n3-c2ccc3c(c2)oc2cccc(-c4nc(-c5ccccc5)nc(-c5ccccc5)n4)c23)c([2H])c1[2H]. The fraction of sp³-hybridized carbons (Fsp3) is 0. The molecule has 0 unspecified atom stereocenters. The highest BCUT2D eigenvalue weighted by molar-refractivity contribution is 6.16. The molecule has 0 amide bonds. The van der Waals surface area contributed by atoms with Crippen molar-refractivity contribution in [1.82, 2.24) is 19.5 Å². The smallest absolute Gasteiger partial charge is 0.164 e. The molecule has 7 aromatic carbocycles. The summed E-state index contributed by atoms with van der Waals surface area (Å²) in [5.74, 6) is 1.68. The van der Waals surface area contributed by atoms with Crippen molar-refractivity contribution in [1.29, 1.82) is 0 Å². The summed E-state index contributed by atoms with van der Waals surface area (Å²) in [4.78, 5) is 14.9. The van der Waals surface area contributed by atoms with Crippen LogP contribution >= 0.6 is 0 Å². The number of hydrogen-bond acceptors (Lipinski definition) is 4. The predicted molar refractivity (Wildman–Crippen MR) is 203 cm³/mol. The zero-order valence-electron chi connectivity index (χ0n) is 31.5. The van der Waals surface area contributed by atoms with Gasteiger partial charge in [-0.2, -0.15) is 0 Å². The zero-order chi connectivity index (χ0) is 37.4. The molecule has 234 valence electrons. The average molecular weight is 646 g/mol. The number of furan rings is 1. The summed E-state index contributed by atoms with van der Waals surface area (Å²) in [5.41, 5.74) is 7.28. The fourth-order valence-electron chi connectivity index (χ4n) is 6.96. The third kappa shape index (κ3) is 4.52. The highest BCUT2D eigenvalue weighted by Crippen LogP contribution is 2.41. The zero-order valence-corrected chi connectivity index (χ0v) is 26.5. The van der Waals surface area contributed by atoms with E-state index in [-0.39, 0.29) is 29.7 Å². The molecular formula is C45H28N4O. The van der Waals surface area contributed by atoms with Crippen LogP contribution in [0.15, 0.2) is 174 Å². The summed E-state index contributed by atoms with van der Waals surface area (Å²) >= 11 is 0. The van der Waals surface area contributed by atoms with Crippen LogP contribution in [0.25, 0.3) is 94.7 Å². The van der Waals surface area contributed by atoms with E-state index >= 15 is 0 Å². The molecule has 50 heavy (non-hydrogen) atoms. The number of rotatable bonds is 5. The van der Waals surface area contributed by atoms with Crippen molar-refractivity contribution in [3.05, 3.63) is 170 Å². The quantitative estimate of drug-likeness (QED) is 0.187. The van der Waals surface area contributed by atoms with Crippen LogP contribution in [0, 0.1) is 0 Å². The van der Waals surface area contributed by atoms with Crippen LogP contribution in [0.5, 0.6) is 0 Å². The molecule has 0 fully saturated rings. The van der Waals surface area contributed by atoms with Gasteiger partial charge < -0.3 is 8.98 Å². The Morgan fingerprint density at radius 2 is 1.10 bits per heavy atom. The normalized spacial score (nSPS) is 13.0. The molecule has 5 nitrogen and oxygen atoms in total. The molecule has 10 rings (SSSR count). The molecule has 0 spiro atoms. The summed E-state index contributed by atoms with van der Waals surface area (Å²) in [6.45, 7) is 0. The Kier molecular flexibility index (Phi) is 5.35. The van der Waals surface area contributed by atoms with Gasteiger partial charge in [-0.15, -0.1) is 0 Å². The van der Waals surface area contributed by atoms with E-state index in [0.717, 1.165) is 55.0 Å². The van der Waals surface area contributed by atoms with Gasteiger partial charge in [0.25, 0.3) is 0 Å². The topological polar surface area (TPSA) is 56.7 Å². The maximum atomic E-state index is 8.76. The van der Waals surface area contributed by atoms with Gasteiger partial charge in [0.15, 0.2) is 17.5 Å². The molecule has 5 heteroatoms. The van der Waals surface area contributed by atoms with Gasteiger partial charge in [0.2, 0.25) is 0 Å². The molecule has 0 aliphatic rings. The van der Waals surface area contributed by atoms with Gasteiger partial charge in [0, 0.05) is 50.0 Å². The van der Waals surface area contributed by atoms with Gasteiger partial charge in [-0.25, -0.2) is 15.0 Å². The van der Waals surface area contributed by atoms with E-state index in [9.17, 15) is 0 Å². The highest BCUT2D eigenvalue weighted by Gasteiger charge is 2.20. The van der Waals surface area contributed by atoms with Crippen molar-refractivity contribution in [2.75, 3.05) is 0 Å². The Morgan fingerprint density at radius 1 is 0.460 bits per heavy atom. The maximum absolute atomic E-state index is 8.76. The molecule has 0 saturated carbocycles. The van der Waals surface area contributed by atoms with Crippen molar-refractivity contribution in [3.8, 4) is 51.0 Å². The monoisotopic (exact) mass is 645 g/mol. The van der Waals surface area contributed by atoms with Crippen LogP contribution < -0.4 is 0 Å². The van der Waals surface area contributed by atoms with Crippen LogP contribution in [-0.4, -0.2) is 19.5 Å². The van der Waals surface area contributed by atoms with Crippen LogP contribution in [0.3, 0.4) is 0 Å². The third-order valence-electron chi connectivity index (χ3n) is 9.15. The lowest BCUT2D eigenvalue weighted by Crippen LogP contribution is -2.00. The molecule has 10 aromatic rings. The second kappa shape index (κ2) is 11.4. The molecule has 0 atom stereocenters. The highest BCUT2D eigenvalue weighted by atomic mass is 16.3. The number of benzene rings is 7. The number of para-hydroxylation sites is 1.